The number of anilines is 2. The van der Waals surface area contributed by atoms with Gasteiger partial charge in [-0.1, -0.05) is 6.07 Å². The van der Waals surface area contributed by atoms with Gasteiger partial charge in [0.15, 0.2) is 0 Å². The number of rotatable bonds is 6. The van der Waals surface area contributed by atoms with Crippen molar-refractivity contribution in [3.8, 4) is 0 Å². The fraction of sp³-hybridized carbons (Fsp3) is 0.429. The Bertz CT molecular complexity index is 486. The Balaban J connectivity index is 1.87. The highest BCUT2D eigenvalue weighted by Crippen LogP contribution is 2.16. The third-order valence-electron chi connectivity index (χ3n) is 3.05. The summed E-state index contributed by atoms with van der Waals surface area (Å²) >= 11 is 0. The average Bonchev–Trinajstić information content (AvgIpc) is 2.34. The summed E-state index contributed by atoms with van der Waals surface area (Å²) in [5.74, 6) is 0.202. The lowest BCUT2D eigenvalue weighted by molar-refractivity contribution is -0.119. The molecule has 0 saturated carbocycles. The van der Waals surface area contributed by atoms with Crippen molar-refractivity contribution in [1.29, 1.82) is 0 Å². The van der Waals surface area contributed by atoms with Crippen molar-refractivity contribution in [3.63, 3.8) is 0 Å². The highest BCUT2D eigenvalue weighted by atomic mass is 16.5. The quantitative estimate of drug-likeness (QED) is 0.719. The lowest BCUT2D eigenvalue weighted by atomic mass is 9.99. The number of hydrogen-bond donors (Lipinski definition) is 3. The summed E-state index contributed by atoms with van der Waals surface area (Å²) in [4.78, 5) is 23.2. The van der Waals surface area contributed by atoms with E-state index in [9.17, 15) is 9.59 Å². The third kappa shape index (κ3) is 4.32. The molecule has 0 spiro atoms. The standard InChI is InChI=1S/C14H19N3O3/c1-20-9-14(19)17-12-4-2-3-11(6-12)16-13(18)5-10-7-15-8-10/h2-4,6,10,15H,5,7-9H2,1H3,(H,16,18)(H,17,19). The van der Waals surface area contributed by atoms with E-state index in [0.717, 1.165) is 13.1 Å². The molecule has 6 nitrogen and oxygen atoms in total. The first-order valence-electron chi connectivity index (χ1n) is 6.57. The fourth-order valence-electron chi connectivity index (χ4n) is 1.97. The van der Waals surface area contributed by atoms with Crippen LogP contribution in [0, 0.1) is 5.92 Å². The number of hydrogen-bond acceptors (Lipinski definition) is 4. The predicted octanol–water partition coefficient (Wildman–Crippen LogP) is 0.819. The summed E-state index contributed by atoms with van der Waals surface area (Å²) < 4.78 is 4.75. The summed E-state index contributed by atoms with van der Waals surface area (Å²) in [6.45, 7) is 1.81. The molecule has 0 unspecified atom stereocenters. The van der Waals surface area contributed by atoms with Crippen LogP contribution in [0.1, 0.15) is 6.42 Å². The molecular formula is C14H19N3O3. The molecular weight excluding hydrogens is 258 g/mol. The maximum Gasteiger partial charge on any atom is 0.250 e. The van der Waals surface area contributed by atoms with Crippen LogP contribution in [-0.4, -0.2) is 38.6 Å². The van der Waals surface area contributed by atoms with Crippen LogP contribution >= 0.6 is 0 Å². The van der Waals surface area contributed by atoms with E-state index in [4.69, 9.17) is 4.74 Å². The van der Waals surface area contributed by atoms with Crippen LogP contribution in [0.25, 0.3) is 0 Å². The van der Waals surface area contributed by atoms with Gasteiger partial charge in [0, 0.05) is 24.9 Å². The van der Waals surface area contributed by atoms with Gasteiger partial charge in [-0.3, -0.25) is 9.59 Å². The van der Waals surface area contributed by atoms with Crippen LogP contribution in [0.4, 0.5) is 11.4 Å². The van der Waals surface area contributed by atoms with E-state index < -0.39 is 0 Å². The van der Waals surface area contributed by atoms with Crippen molar-refractivity contribution >= 4 is 23.2 Å². The normalized spacial score (nSPS) is 14.4. The maximum atomic E-state index is 11.8. The molecule has 0 aromatic heterocycles. The second-order valence-electron chi connectivity index (χ2n) is 4.84. The molecule has 0 aliphatic carbocycles. The molecule has 20 heavy (non-hydrogen) atoms. The first-order chi connectivity index (χ1) is 9.67. The number of nitrogens with one attached hydrogen (secondary N) is 3. The van der Waals surface area contributed by atoms with Gasteiger partial charge in [-0.25, -0.2) is 0 Å². The number of benzene rings is 1. The van der Waals surface area contributed by atoms with Gasteiger partial charge in [0.05, 0.1) is 0 Å². The summed E-state index contributed by atoms with van der Waals surface area (Å²) in [7, 11) is 1.46. The zero-order valence-corrected chi connectivity index (χ0v) is 11.4. The highest BCUT2D eigenvalue weighted by molar-refractivity contribution is 5.94. The van der Waals surface area contributed by atoms with Crippen LogP contribution < -0.4 is 16.0 Å². The molecule has 1 aliphatic rings. The van der Waals surface area contributed by atoms with Gasteiger partial charge in [-0.05, 0) is 37.2 Å². The zero-order chi connectivity index (χ0) is 14.4. The Kier molecular flexibility index (Phi) is 5.09. The molecule has 1 aliphatic heterocycles. The summed E-state index contributed by atoms with van der Waals surface area (Å²) in [6.07, 6.45) is 0.521. The first-order valence-corrected chi connectivity index (χ1v) is 6.57. The summed E-state index contributed by atoms with van der Waals surface area (Å²) in [5, 5.41) is 8.67. The van der Waals surface area contributed by atoms with Crippen molar-refractivity contribution in [2.75, 3.05) is 37.4 Å². The minimum Gasteiger partial charge on any atom is -0.375 e. The van der Waals surface area contributed by atoms with E-state index in [1.165, 1.54) is 7.11 Å². The van der Waals surface area contributed by atoms with E-state index in [2.05, 4.69) is 16.0 Å². The van der Waals surface area contributed by atoms with Crippen LogP contribution in [0.2, 0.25) is 0 Å². The van der Waals surface area contributed by atoms with Gasteiger partial charge >= 0.3 is 0 Å². The third-order valence-corrected chi connectivity index (χ3v) is 3.05. The monoisotopic (exact) mass is 277 g/mol. The summed E-state index contributed by atoms with van der Waals surface area (Å²) in [5.41, 5.74) is 1.31. The van der Waals surface area contributed by atoms with Crippen LogP contribution in [0.15, 0.2) is 24.3 Å². The predicted molar refractivity (Wildman–Crippen MR) is 76.6 cm³/mol. The molecule has 1 saturated heterocycles. The number of carbonyl (C=O) groups excluding carboxylic acids is 2. The number of ether oxygens (including phenoxy) is 1. The number of methoxy groups -OCH3 is 1. The fourth-order valence-corrected chi connectivity index (χ4v) is 1.97. The highest BCUT2D eigenvalue weighted by Gasteiger charge is 2.20. The van der Waals surface area contributed by atoms with Gasteiger partial charge in [0.25, 0.3) is 0 Å². The second-order valence-corrected chi connectivity index (χ2v) is 4.84. The minimum atomic E-state index is -0.225. The Morgan fingerprint density at radius 1 is 1.25 bits per heavy atom. The van der Waals surface area contributed by atoms with Crippen molar-refractivity contribution < 1.29 is 14.3 Å². The molecule has 0 radical (unpaired) electrons. The van der Waals surface area contributed by atoms with Crippen molar-refractivity contribution in [2.24, 2.45) is 5.92 Å². The molecule has 1 aromatic rings. The van der Waals surface area contributed by atoms with E-state index >= 15 is 0 Å². The number of carbonyl (C=O) groups is 2. The Morgan fingerprint density at radius 3 is 2.45 bits per heavy atom. The van der Waals surface area contributed by atoms with Crippen molar-refractivity contribution in [3.05, 3.63) is 24.3 Å². The molecule has 1 heterocycles. The second kappa shape index (κ2) is 7.02. The molecule has 1 fully saturated rings. The number of amides is 2. The molecule has 108 valence electrons. The lowest BCUT2D eigenvalue weighted by Crippen LogP contribution is -2.43. The lowest BCUT2D eigenvalue weighted by Gasteiger charge is -2.26. The average molecular weight is 277 g/mol. The molecule has 2 rings (SSSR count). The van der Waals surface area contributed by atoms with Crippen LogP contribution in [0.5, 0.6) is 0 Å². The SMILES string of the molecule is COCC(=O)Nc1cccc(NC(=O)CC2CNC2)c1. The Morgan fingerprint density at radius 2 is 1.90 bits per heavy atom. The van der Waals surface area contributed by atoms with E-state index in [0.29, 0.717) is 23.7 Å². The van der Waals surface area contributed by atoms with Gasteiger partial charge in [0.1, 0.15) is 6.61 Å². The Hall–Kier alpha value is -1.92. The van der Waals surface area contributed by atoms with Gasteiger partial charge in [-0.15, -0.1) is 0 Å². The van der Waals surface area contributed by atoms with E-state index in [1.807, 2.05) is 0 Å². The largest absolute Gasteiger partial charge is 0.375 e. The maximum absolute atomic E-state index is 11.8. The topological polar surface area (TPSA) is 79.5 Å². The molecule has 1 aromatic carbocycles. The summed E-state index contributed by atoms with van der Waals surface area (Å²) in [6, 6.07) is 7.06. The Labute approximate surface area is 117 Å². The van der Waals surface area contributed by atoms with Gasteiger partial charge < -0.3 is 20.7 Å². The molecule has 6 heteroatoms. The van der Waals surface area contributed by atoms with E-state index in [-0.39, 0.29) is 18.4 Å². The van der Waals surface area contributed by atoms with Gasteiger partial charge in [0.2, 0.25) is 11.8 Å². The first kappa shape index (κ1) is 14.5. The van der Waals surface area contributed by atoms with E-state index in [1.54, 1.807) is 24.3 Å². The smallest absolute Gasteiger partial charge is 0.250 e. The molecule has 2 amide bonds. The van der Waals surface area contributed by atoms with Crippen LogP contribution in [0.3, 0.4) is 0 Å². The zero-order valence-electron chi connectivity index (χ0n) is 11.4. The van der Waals surface area contributed by atoms with Crippen LogP contribution in [-0.2, 0) is 14.3 Å². The molecule has 0 bridgehead atoms. The van der Waals surface area contributed by atoms with Crippen molar-refractivity contribution in [1.82, 2.24) is 5.32 Å². The minimum absolute atomic E-state index is 0.00290. The molecule has 3 N–H and O–H groups in total. The molecule has 0 atom stereocenters. The van der Waals surface area contributed by atoms with Gasteiger partial charge in [-0.2, -0.15) is 0 Å². The van der Waals surface area contributed by atoms with Crippen molar-refractivity contribution in [2.45, 2.75) is 6.42 Å².